The number of carboxylic acids is 1. The molecule has 1 aromatic carbocycles. The summed E-state index contributed by atoms with van der Waals surface area (Å²) >= 11 is 1.15. The minimum absolute atomic E-state index is 0.0678. The zero-order chi connectivity index (χ0) is 30.0. The third-order valence-corrected chi connectivity index (χ3v) is 9.50. The van der Waals surface area contributed by atoms with Crippen LogP contribution in [0.1, 0.15) is 76.8 Å². The Bertz CT molecular complexity index is 1300. The Kier molecular flexibility index (Phi) is 9.54. The average Bonchev–Trinajstić information content (AvgIpc) is 3.21. The standard InChI is InChI=1S/C31H40N2O7S/c1-6-7-8-9-19-13-22(35)26(21-12-17(4)10-11-20(21)16(2)3)23(14-19)40-31(39)32-15-24-27(30(37)38)33-28(36)25(18(5)34)29(33)41-24/h12-14,18,20-21,25,29,34-35H,2,6-11,15H2,1,3-5H3,(H,32,39)(H,37,38)/t18-,20+,21-,25+,29?/m1/s1. The van der Waals surface area contributed by atoms with Gasteiger partial charge in [0.05, 0.1) is 18.6 Å². The molecule has 0 bridgehead atoms. The first-order valence-electron chi connectivity index (χ1n) is 14.2. The van der Waals surface area contributed by atoms with Gasteiger partial charge in [0.15, 0.2) is 0 Å². The number of β-lactam (4-membered cyclic amide) rings is 1. The fraction of sp³-hybridized carbons (Fsp3) is 0.516. The van der Waals surface area contributed by atoms with Crippen molar-refractivity contribution in [3.05, 3.63) is 57.7 Å². The number of ether oxygens (including phenoxy) is 1. The molecule has 0 aromatic heterocycles. The van der Waals surface area contributed by atoms with Crippen molar-refractivity contribution in [2.24, 2.45) is 11.8 Å². The number of hydrogen-bond donors (Lipinski definition) is 4. The first-order chi connectivity index (χ1) is 19.4. The minimum Gasteiger partial charge on any atom is -0.507 e. The topological polar surface area (TPSA) is 136 Å². The van der Waals surface area contributed by atoms with Crippen LogP contribution in [0.3, 0.4) is 0 Å². The summed E-state index contributed by atoms with van der Waals surface area (Å²) in [6.07, 6.45) is 5.94. The van der Waals surface area contributed by atoms with Gasteiger partial charge in [0.25, 0.3) is 0 Å². The van der Waals surface area contributed by atoms with Crippen LogP contribution in [-0.4, -0.2) is 56.2 Å². The molecule has 2 aliphatic heterocycles. The lowest BCUT2D eigenvalue weighted by molar-refractivity contribution is -0.156. The molecule has 2 amide bonds. The Labute approximate surface area is 245 Å². The van der Waals surface area contributed by atoms with Crippen LogP contribution in [0.25, 0.3) is 0 Å². The minimum atomic E-state index is -1.28. The van der Waals surface area contributed by atoms with Gasteiger partial charge in [-0.05, 0) is 70.1 Å². The van der Waals surface area contributed by atoms with E-state index in [1.165, 1.54) is 12.5 Å². The number of phenolic OH excluding ortho intramolecular Hbond substituents is 1. The van der Waals surface area contributed by atoms with E-state index in [2.05, 4.69) is 24.9 Å². The number of aliphatic hydroxyl groups is 1. The number of aliphatic carboxylic acids is 1. The van der Waals surface area contributed by atoms with E-state index in [-0.39, 0.29) is 35.6 Å². The van der Waals surface area contributed by atoms with E-state index >= 15 is 0 Å². The van der Waals surface area contributed by atoms with Gasteiger partial charge in [-0.15, -0.1) is 0 Å². The largest absolute Gasteiger partial charge is 0.507 e. The zero-order valence-corrected chi connectivity index (χ0v) is 24.9. The Morgan fingerprint density at radius 1 is 1.29 bits per heavy atom. The number of hydrogen-bond acceptors (Lipinski definition) is 7. The van der Waals surface area contributed by atoms with Gasteiger partial charge in [-0.3, -0.25) is 9.69 Å². The van der Waals surface area contributed by atoms with Crippen LogP contribution in [0, 0.1) is 11.8 Å². The van der Waals surface area contributed by atoms with Gasteiger partial charge in [0.1, 0.15) is 22.6 Å². The third-order valence-electron chi connectivity index (χ3n) is 8.13. The summed E-state index contributed by atoms with van der Waals surface area (Å²) in [5.41, 5.74) is 3.38. The van der Waals surface area contributed by atoms with Gasteiger partial charge in [-0.2, -0.15) is 0 Å². The average molecular weight is 585 g/mol. The molecule has 9 nitrogen and oxygen atoms in total. The lowest BCUT2D eigenvalue weighted by Crippen LogP contribution is -2.60. The summed E-state index contributed by atoms with van der Waals surface area (Å²) in [5.74, 6) is -2.24. The number of thioether (sulfide) groups is 1. The second-order valence-corrected chi connectivity index (χ2v) is 12.5. The van der Waals surface area contributed by atoms with Crippen LogP contribution < -0.4 is 10.1 Å². The van der Waals surface area contributed by atoms with Crippen molar-refractivity contribution in [3.8, 4) is 11.5 Å². The molecule has 3 aliphatic rings. The number of carbonyl (C=O) groups excluding carboxylic acids is 2. The highest BCUT2D eigenvalue weighted by atomic mass is 32.2. The number of unbranched alkanes of at least 4 members (excludes halogenated alkanes) is 2. The van der Waals surface area contributed by atoms with Crippen molar-refractivity contribution in [2.75, 3.05) is 6.54 Å². The van der Waals surface area contributed by atoms with E-state index in [1.54, 1.807) is 6.07 Å². The van der Waals surface area contributed by atoms with E-state index < -0.39 is 35.4 Å². The molecule has 1 unspecified atom stereocenters. The van der Waals surface area contributed by atoms with Crippen molar-refractivity contribution in [2.45, 2.75) is 83.6 Å². The molecule has 4 N–H and O–H groups in total. The Morgan fingerprint density at radius 2 is 2.02 bits per heavy atom. The quantitative estimate of drug-likeness (QED) is 0.153. The predicted molar refractivity (Wildman–Crippen MR) is 157 cm³/mol. The number of carbonyl (C=O) groups is 3. The van der Waals surface area contributed by atoms with Crippen LogP contribution in [0.15, 0.2) is 46.5 Å². The Morgan fingerprint density at radius 3 is 2.66 bits per heavy atom. The summed E-state index contributed by atoms with van der Waals surface area (Å²) in [5, 5.41) is 33.1. The number of nitrogens with one attached hydrogen (secondary N) is 1. The number of aliphatic hydroxyl groups excluding tert-OH is 1. The van der Waals surface area contributed by atoms with E-state index in [1.807, 2.05) is 19.9 Å². The molecule has 222 valence electrons. The van der Waals surface area contributed by atoms with Crippen LogP contribution >= 0.6 is 11.8 Å². The van der Waals surface area contributed by atoms with Crippen molar-refractivity contribution in [3.63, 3.8) is 0 Å². The number of nitrogens with zero attached hydrogens (tertiary/aromatic N) is 1. The number of amides is 2. The lowest BCUT2D eigenvalue weighted by atomic mass is 9.73. The van der Waals surface area contributed by atoms with Crippen molar-refractivity contribution < 1.29 is 34.4 Å². The second-order valence-electron chi connectivity index (χ2n) is 11.3. The molecule has 4 rings (SSSR count). The summed E-state index contributed by atoms with van der Waals surface area (Å²) in [4.78, 5) is 39.0. The molecule has 41 heavy (non-hydrogen) atoms. The number of phenols is 1. The summed E-state index contributed by atoms with van der Waals surface area (Å²) in [7, 11) is 0. The second kappa shape index (κ2) is 12.7. The number of benzene rings is 1. The summed E-state index contributed by atoms with van der Waals surface area (Å²) < 4.78 is 5.83. The van der Waals surface area contributed by atoms with Crippen LogP contribution in [-0.2, 0) is 16.0 Å². The van der Waals surface area contributed by atoms with Crippen molar-refractivity contribution in [1.29, 1.82) is 0 Å². The lowest BCUT2D eigenvalue weighted by Gasteiger charge is -2.43. The number of allylic oxidation sites excluding steroid dienone is 3. The van der Waals surface area contributed by atoms with Gasteiger partial charge < -0.3 is 25.4 Å². The molecule has 1 aromatic rings. The van der Waals surface area contributed by atoms with E-state index in [0.717, 1.165) is 66.3 Å². The molecule has 2 heterocycles. The van der Waals surface area contributed by atoms with Crippen molar-refractivity contribution in [1.82, 2.24) is 10.2 Å². The molecule has 0 saturated carbocycles. The molecule has 1 fully saturated rings. The number of fused-ring (bicyclic) bond motifs is 1. The van der Waals surface area contributed by atoms with Crippen molar-refractivity contribution >= 4 is 29.7 Å². The third kappa shape index (κ3) is 6.33. The SMILES string of the molecule is C=C(C)[C@@H]1CCC(C)=C[C@H]1c1c(O)cc(CCCCC)cc1OC(=O)NCC1=C(C(=O)O)N2C(=O)[C@H]([C@@H](C)O)C2S1. The van der Waals surface area contributed by atoms with Gasteiger partial charge in [-0.25, -0.2) is 9.59 Å². The van der Waals surface area contributed by atoms with Gasteiger partial charge in [-0.1, -0.05) is 55.3 Å². The summed E-state index contributed by atoms with van der Waals surface area (Å²) in [6.45, 7) is 11.6. The highest BCUT2D eigenvalue weighted by Gasteiger charge is 2.57. The smallest absolute Gasteiger partial charge is 0.412 e. The highest BCUT2D eigenvalue weighted by molar-refractivity contribution is 8.04. The Balaban J connectivity index is 1.58. The van der Waals surface area contributed by atoms with Crippen LogP contribution in [0.5, 0.6) is 11.5 Å². The molecule has 5 atom stereocenters. The molecule has 1 saturated heterocycles. The molecule has 0 radical (unpaired) electrons. The molecule has 0 spiro atoms. The Hall–Kier alpha value is -3.24. The first kappa shape index (κ1) is 30.7. The van der Waals surface area contributed by atoms with Gasteiger partial charge in [0.2, 0.25) is 5.91 Å². The molecule has 10 heteroatoms. The van der Waals surface area contributed by atoms with Crippen LogP contribution in [0.2, 0.25) is 0 Å². The van der Waals surface area contributed by atoms with Gasteiger partial charge in [0, 0.05) is 16.4 Å². The predicted octanol–water partition coefficient (Wildman–Crippen LogP) is 5.44. The monoisotopic (exact) mass is 584 g/mol. The highest BCUT2D eigenvalue weighted by Crippen LogP contribution is 2.50. The number of aryl methyl sites for hydroxylation is 1. The molecular formula is C31H40N2O7S. The number of aromatic hydroxyl groups is 1. The first-order valence-corrected chi connectivity index (χ1v) is 15.1. The van der Waals surface area contributed by atoms with Gasteiger partial charge >= 0.3 is 12.1 Å². The maximum absolute atomic E-state index is 13.1. The fourth-order valence-electron chi connectivity index (χ4n) is 5.98. The van der Waals surface area contributed by atoms with E-state index in [0.29, 0.717) is 10.5 Å². The number of rotatable bonds is 11. The van der Waals surface area contributed by atoms with E-state index in [4.69, 9.17) is 4.74 Å². The number of carboxylic acid groups (broad SMARTS) is 1. The fourth-order valence-corrected chi connectivity index (χ4v) is 7.53. The maximum Gasteiger partial charge on any atom is 0.412 e. The summed E-state index contributed by atoms with van der Waals surface area (Å²) in [6, 6.07) is 3.56. The normalized spacial score (nSPS) is 24.4. The van der Waals surface area contributed by atoms with E-state index in [9.17, 15) is 29.7 Å². The molecule has 1 aliphatic carbocycles. The van der Waals surface area contributed by atoms with Crippen LogP contribution in [0.4, 0.5) is 4.79 Å². The zero-order valence-electron chi connectivity index (χ0n) is 24.1. The molecular weight excluding hydrogens is 544 g/mol. The maximum atomic E-state index is 13.1.